The quantitative estimate of drug-likeness (QED) is 0.685. The standard InChI is InChI=1S/C21H19ClFN3O3/c22-16-4-6-19(21-15(16)2-1-7-24-21)29-13-20(27)25-14-3-5-18(17(23)12-14)26-8-10-28-11-9-26/h1-7,12H,8-11,13H2,(H,25,27). The second-order valence-electron chi connectivity index (χ2n) is 6.55. The molecule has 1 saturated heterocycles. The first-order chi connectivity index (χ1) is 14.1. The number of hydrogen-bond acceptors (Lipinski definition) is 5. The molecule has 0 bridgehead atoms. The number of nitrogens with one attached hydrogen (secondary N) is 1. The molecule has 0 unspecified atom stereocenters. The molecule has 0 spiro atoms. The van der Waals surface area contributed by atoms with E-state index in [1.807, 2.05) is 11.0 Å². The van der Waals surface area contributed by atoms with Gasteiger partial charge in [0.25, 0.3) is 5.91 Å². The fraction of sp³-hybridized carbons (Fsp3) is 0.238. The number of ether oxygens (including phenoxy) is 2. The number of benzene rings is 2. The van der Waals surface area contributed by atoms with Crippen molar-refractivity contribution in [2.45, 2.75) is 0 Å². The molecule has 1 fully saturated rings. The fourth-order valence-electron chi connectivity index (χ4n) is 3.21. The Morgan fingerprint density at radius 2 is 2.07 bits per heavy atom. The highest BCUT2D eigenvalue weighted by Gasteiger charge is 2.16. The zero-order valence-corrected chi connectivity index (χ0v) is 16.3. The fourth-order valence-corrected chi connectivity index (χ4v) is 3.43. The maximum atomic E-state index is 14.5. The van der Waals surface area contributed by atoms with Crippen LogP contribution in [0.2, 0.25) is 5.02 Å². The maximum Gasteiger partial charge on any atom is 0.262 e. The molecule has 1 aromatic heterocycles. The molecular formula is C21H19ClFN3O3. The van der Waals surface area contributed by atoms with E-state index in [0.29, 0.717) is 54.0 Å². The lowest BCUT2D eigenvalue weighted by Gasteiger charge is -2.29. The van der Waals surface area contributed by atoms with E-state index in [0.717, 1.165) is 5.39 Å². The molecule has 3 aromatic rings. The molecule has 0 aliphatic carbocycles. The van der Waals surface area contributed by atoms with Crippen molar-refractivity contribution in [3.63, 3.8) is 0 Å². The Hall–Kier alpha value is -2.90. The first kappa shape index (κ1) is 19.4. The highest BCUT2D eigenvalue weighted by atomic mass is 35.5. The number of pyridine rings is 1. The largest absolute Gasteiger partial charge is 0.481 e. The van der Waals surface area contributed by atoms with Gasteiger partial charge in [0.1, 0.15) is 17.1 Å². The van der Waals surface area contributed by atoms with Gasteiger partial charge in [-0.05, 0) is 42.5 Å². The number of halogens is 2. The first-order valence-electron chi connectivity index (χ1n) is 9.20. The van der Waals surface area contributed by atoms with E-state index in [4.69, 9.17) is 21.1 Å². The van der Waals surface area contributed by atoms with E-state index in [9.17, 15) is 9.18 Å². The van der Waals surface area contributed by atoms with Crippen molar-refractivity contribution in [3.05, 3.63) is 59.5 Å². The highest BCUT2D eigenvalue weighted by molar-refractivity contribution is 6.35. The van der Waals surface area contributed by atoms with Crippen LogP contribution >= 0.6 is 11.6 Å². The SMILES string of the molecule is O=C(COc1ccc(Cl)c2cccnc12)Nc1ccc(N2CCOCC2)c(F)c1. The first-order valence-corrected chi connectivity index (χ1v) is 9.58. The number of nitrogens with zero attached hydrogens (tertiary/aromatic N) is 2. The molecule has 8 heteroatoms. The number of morpholine rings is 1. The van der Waals surface area contributed by atoms with Crippen molar-refractivity contribution in [2.75, 3.05) is 43.1 Å². The molecule has 6 nitrogen and oxygen atoms in total. The Labute approximate surface area is 172 Å². The molecule has 150 valence electrons. The van der Waals surface area contributed by atoms with Crippen LogP contribution in [-0.4, -0.2) is 43.8 Å². The van der Waals surface area contributed by atoms with Crippen molar-refractivity contribution in [2.24, 2.45) is 0 Å². The Kier molecular flexibility index (Phi) is 5.78. The van der Waals surface area contributed by atoms with Crippen LogP contribution in [0.5, 0.6) is 5.75 Å². The lowest BCUT2D eigenvalue weighted by atomic mass is 10.2. The van der Waals surface area contributed by atoms with Gasteiger partial charge >= 0.3 is 0 Å². The summed E-state index contributed by atoms with van der Waals surface area (Å²) in [4.78, 5) is 18.4. The molecule has 0 atom stereocenters. The van der Waals surface area contributed by atoms with E-state index in [1.165, 1.54) is 6.07 Å². The van der Waals surface area contributed by atoms with Crippen molar-refractivity contribution >= 4 is 39.8 Å². The van der Waals surface area contributed by atoms with Gasteiger partial charge in [-0.15, -0.1) is 0 Å². The molecule has 1 amide bonds. The zero-order valence-electron chi connectivity index (χ0n) is 15.5. The van der Waals surface area contributed by atoms with Gasteiger partial charge in [-0.3, -0.25) is 9.78 Å². The number of aromatic nitrogens is 1. The minimum Gasteiger partial charge on any atom is -0.481 e. The minimum absolute atomic E-state index is 0.236. The molecule has 0 saturated carbocycles. The number of amides is 1. The molecule has 1 aliphatic heterocycles. The van der Waals surface area contributed by atoms with E-state index in [2.05, 4.69) is 10.3 Å². The third-order valence-corrected chi connectivity index (χ3v) is 4.95. The monoisotopic (exact) mass is 415 g/mol. The number of carbonyl (C=O) groups is 1. The van der Waals surface area contributed by atoms with Crippen LogP contribution in [0, 0.1) is 5.82 Å². The number of hydrogen-bond donors (Lipinski definition) is 1. The van der Waals surface area contributed by atoms with Crippen molar-refractivity contribution in [1.82, 2.24) is 4.98 Å². The third kappa shape index (κ3) is 4.41. The van der Waals surface area contributed by atoms with E-state index < -0.39 is 11.7 Å². The smallest absolute Gasteiger partial charge is 0.262 e. The molecule has 1 aliphatic rings. The van der Waals surface area contributed by atoms with Crippen LogP contribution in [-0.2, 0) is 9.53 Å². The van der Waals surface area contributed by atoms with Gasteiger partial charge < -0.3 is 19.7 Å². The van der Waals surface area contributed by atoms with Gasteiger partial charge in [-0.25, -0.2) is 4.39 Å². The summed E-state index contributed by atoms with van der Waals surface area (Å²) in [6.07, 6.45) is 1.63. The summed E-state index contributed by atoms with van der Waals surface area (Å²) in [7, 11) is 0. The predicted octanol–water partition coefficient (Wildman–Crippen LogP) is 3.88. The summed E-state index contributed by atoms with van der Waals surface area (Å²) in [6, 6.07) is 11.6. The van der Waals surface area contributed by atoms with Crippen molar-refractivity contribution < 1.29 is 18.7 Å². The van der Waals surface area contributed by atoms with Crippen molar-refractivity contribution in [1.29, 1.82) is 0 Å². The van der Waals surface area contributed by atoms with E-state index in [1.54, 1.807) is 36.5 Å². The van der Waals surface area contributed by atoms with Crippen LogP contribution in [0.15, 0.2) is 48.7 Å². The molecule has 1 N–H and O–H groups in total. The summed E-state index contributed by atoms with van der Waals surface area (Å²) in [5.41, 5.74) is 1.45. The number of carbonyl (C=O) groups excluding carboxylic acids is 1. The highest BCUT2D eigenvalue weighted by Crippen LogP contribution is 2.29. The summed E-state index contributed by atoms with van der Waals surface area (Å²) >= 11 is 6.16. The van der Waals surface area contributed by atoms with Crippen LogP contribution in [0.3, 0.4) is 0 Å². The Bertz CT molecular complexity index is 1040. The normalized spacial score (nSPS) is 14.1. The maximum absolute atomic E-state index is 14.5. The lowest BCUT2D eigenvalue weighted by Crippen LogP contribution is -2.36. The minimum atomic E-state index is -0.400. The Morgan fingerprint density at radius 1 is 1.24 bits per heavy atom. The third-order valence-electron chi connectivity index (χ3n) is 4.62. The van der Waals surface area contributed by atoms with Gasteiger partial charge in [0, 0.05) is 30.4 Å². The second-order valence-corrected chi connectivity index (χ2v) is 6.95. The average molecular weight is 416 g/mol. The molecule has 0 radical (unpaired) electrons. The average Bonchev–Trinajstić information content (AvgIpc) is 2.74. The van der Waals surface area contributed by atoms with Gasteiger partial charge in [0.05, 0.1) is 23.9 Å². The van der Waals surface area contributed by atoms with Crippen LogP contribution < -0.4 is 15.0 Å². The van der Waals surface area contributed by atoms with Crippen molar-refractivity contribution in [3.8, 4) is 5.75 Å². The molecule has 2 heterocycles. The predicted molar refractivity (Wildman–Crippen MR) is 110 cm³/mol. The molecule has 29 heavy (non-hydrogen) atoms. The van der Waals surface area contributed by atoms with E-state index >= 15 is 0 Å². The summed E-state index contributed by atoms with van der Waals surface area (Å²) in [6.45, 7) is 2.19. The van der Waals surface area contributed by atoms with Gasteiger partial charge in [0.2, 0.25) is 0 Å². The zero-order chi connectivity index (χ0) is 20.2. The summed E-state index contributed by atoms with van der Waals surface area (Å²) in [5.74, 6) is -0.338. The summed E-state index contributed by atoms with van der Waals surface area (Å²) in [5, 5.41) is 3.95. The van der Waals surface area contributed by atoms with Gasteiger partial charge in [-0.1, -0.05) is 11.6 Å². The van der Waals surface area contributed by atoms with Gasteiger partial charge in [-0.2, -0.15) is 0 Å². The van der Waals surface area contributed by atoms with Crippen LogP contribution in [0.4, 0.5) is 15.8 Å². The Balaban J connectivity index is 1.40. The molecule has 2 aromatic carbocycles. The summed E-state index contributed by atoms with van der Waals surface area (Å²) < 4.78 is 25.4. The Morgan fingerprint density at radius 3 is 2.86 bits per heavy atom. The molecular weight excluding hydrogens is 397 g/mol. The second kappa shape index (κ2) is 8.63. The van der Waals surface area contributed by atoms with E-state index in [-0.39, 0.29) is 6.61 Å². The molecule has 4 rings (SSSR count). The van der Waals surface area contributed by atoms with Crippen LogP contribution in [0.25, 0.3) is 10.9 Å². The van der Waals surface area contributed by atoms with Gasteiger partial charge in [0.15, 0.2) is 6.61 Å². The lowest BCUT2D eigenvalue weighted by molar-refractivity contribution is -0.118. The number of rotatable bonds is 5. The van der Waals surface area contributed by atoms with Crippen LogP contribution in [0.1, 0.15) is 0 Å². The number of anilines is 2. The topological polar surface area (TPSA) is 63.7 Å². The number of fused-ring (bicyclic) bond motifs is 1.